The number of aryl methyl sites for hydroxylation is 1. The second kappa shape index (κ2) is 7.36. The van der Waals surface area contributed by atoms with E-state index in [2.05, 4.69) is 10.6 Å². The molecule has 0 aliphatic rings. The number of carbonyl (C=O) groups excluding carboxylic acids is 1. The van der Waals surface area contributed by atoms with Crippen molar-refractivity contribution in [3.8, 4) is 5.40 Å². The highest BCUT2D eigenvalue weighted by atomic mass is 32.2. The predicted molar refractivity (Wildman–Crippen MR) is 84.9 cm³/mol. The van der Waals surface area contributed by atoms with E-state index in [0.717, 1.165) is 22.2 Å². The Morgan fingerprint density at radius 1 is 1.24 bits per heavy atom. The number of thiocyanates is 1. The largest absolute Gasteiger partial charge is 0.334 e. The lowest BCUT2D eigenvalue weighted by Crippen LogP contribution is -2.28. The molecule has 0 aliphatic heterocycles. The lowest BCUT2D eigenvalue weighted by atomic mass is 10.1. The zero-order chi connectivity index (χ0) is 15.1. The van der Waals surface area contributed by atoms with E-state index < -0.39 is 0 Å². The average Bonchev–Trinajstić information content (AvgIpc) is 2.48. The molecule has 0 saturated carbocycles. The summed E-state index contributed by atoms with van der Waals surface area (Å²) in [4.78, 5) is 12.7. The Balaban J connectivity index is 1.85. The monoisotopic (exact) mass is 297 g/mol. The van der Waals surface area contributed by atoms with Crippen LogP contribution in [-0.4, -0.2) is 6.03 Å². The third-order valence-electron chi connectivity index (χ3n) is 2.81. The van der Waals surface area contributed by atoms with Crippen LogP contribution in [0.3, 0.4) is 0 Å². The van der Waals surface area contributed by atoms with Gasteiger partial charge in [-0.15, -0.1) is 0 Å². The zero-order valence-electron chi connectivity index (χ0n) is 11.6. The van der Waals surface area contributed by atoms with Gasteiger partial charge in [0.15, 0.2) is 0 Å². The fourth-order valence-electron chi connectivity index (χ4n) is 1.84. The van der Waals surface area contributed by atoms with E-state index in [1.165, 1.54) is 5.56 Å². The van der Waals surface area contributed by atoms with Gasteiger partial charge in [0.25, 0.3) is 0 Å². The molecule has 4 nitrogen and oxygen atoms in total. The Labute approximate surface area is 128 Å². The number of nitrogens with one attached hydrogen (secondary N) is 2. The molecule has 5 heteroatoms. The maximum atomic E-state index is 11.8. The first-order chi connectivity index (χ1) is 10.2. The zero-order valence-corrected chi connectivity index (χ0v) is 12.4. The molecule has 2 N–H and O–H groups in total. The van der Waals surface area contributed by atoms with Crippen molar-refractivity contribution in [1.82, 2.24) is 5.32 Å². The van der Waals surface area contributed by atoms with Crippen LogP contribution in [0.1, 0.15) is 11.1 Å². The van der Waals surface area contributed by atoms with E-state index in [1.807, 2.05) is 36.6 Å². The predicted octanol–water partition coefficient (Wildman–Crippen LogP) is 3.89. The molecule has 0 radical (unpaired) electrons. The fourth-order valence-corrected chi connectivity index (χ4v) is 2.22. The Morgan fingerprint density at radius 3 is 2.67 bits per heavy atom. The molecule has 0 spiro atoms. The number of carbonyl (C=O) groups is 1. The van der Waals surface area contributed by atoms with Crippen LogP contribution in [0.5, 0.6) is 0 Å². The molecule has 2 rings (SSSR count). The molecule has 2 aromatic carbocycles. The molecule has 0 aliphatic carbocycles. The number of hydrogen-bond donors (Lipinski definition) is 2. The Morgan fingerprint density at radius 2 is 2.00 bits per heavy atom. The molecular weight excluding hydrogens is 282 g/mol. The normalized spacial score (nSPS) is 9.71. The number of urea groups is 1. The number of rotatable bonds is 4. The summed E-state index contributed by atoms with van der Waals surface area (Å²) in [6, 6.07) is 14.9. The quantitative estimate of drug-likeness (QED) is 0.664. The van der Waals surface area contributed by atoms with Gasteiger partial charge in [-0.1, -0.05) is 29.8 Å². The first-order valence-electron chi connectivity index (χ1n) is 6.44. The molecule has 0 fully saturated rings. The van der Waals surface area contributed by atoms with Crippen LogP contribution >= 0.6 is 11.8 Å². The third kappa shape index (κ3) is 4.86. The van der Waals surface area contributed by atoms with Crippen molar-refractivity contribution in [1.29, 1.82) is 5.26 Å². The number of thioether (sulfide) groups is 1. The summed E-state index contributed by atoms with van der Waals surface area (Å²) in [7, 11) is 0. The van der Waals surface area contributed by atoms with Crippen LogP contribution < -0.4 is 10.6 Å². The molecule has 0 bridgehead atoms. The van der Waals surface area contributed by atoms with Crippen LogP contribution in [0, 0.1) is 17.6 Å². The van der Waals surface area contributed by atoms with Crippen LogP contribution in [0.2, 0.25) is 0 Å². The molecular formula is C16H15N3OS. The van der Waals surface area contributed by atoms with Crippen LogP contribution in [0.4, 0.5) is 10.5 Å². The molecule has 0 aromatic heterocycles. The standard InChI is InChI=1S/C16H15N3OS/c1-12-3-2-4-13(9-12)10-18-16(20)19-14-5-7-15(8-6-14)21-11-17/h2-9H,10H2,1H3,(H2,18,19,20). The summed E-state index contributed by atoms with van der Waals surface area (Å²) in [5, 5.41) is 16.1. The summed E-state index contributed by atoms with van der Waals surface area (Å²) in [6.07, 6.45) is 0. The minimum absolute atomic E-state index is 0.253. The third-order valence-corrected chi connectivity index (χ3v) is 3.41. The van der Waals surface area contributed by atoms with E-state index in [9.17, 15) is 4.79 Å². The van der Waals surface area contributed by atoms with Gasteiger partial charge in [-0.3, -0.25) is 0 Å². The van der Waals surface area contributed by atoms with Crippen molar-refractivity contribution in [2.24, 2.45) is 0 Å². The topological polar surface area (TPSA) is 64.9 Å². The number of hydrogen-bond acceptors (Lipinski definition) is 3. The Bertz CT molecular complexity index is 662. The number of nitriles is 1. The first-order valence-corrected chi connectivity index (χ1v) is 7.25. The number of nitrogens with zero attached hydrogens (tertiary/aromatic N) is 1. The molecule has 2 aromatic rings. The molecule has 21 heavy (non-hydrogen) atoms. The van der Waals surface area contributed by atoms with Gasteiger partial charge < -0.3 is 10.6 Å². The average molecular weight is 297 g/mol. The van der Waals surface area contributed by atoms with Gasteiger partial charge in [0.05, 0.1) is 0 Å². The van der Waals surface area contributed by atoms with E-state index in [4.69, 9.17) is 5.26 Å². The second-order valence-corrected chi connectivity index (χ2v) is 5.37. The molecule has 0 unspecified atom stereocenters. The number of amides is 2. The van der Waals surface area contributed by atoms with Crippen LogP contribution in [0.15, 0.2) is 53.4 Å². The van der Waals surface area contributed by atoms with Crippen LogP contribution in [-0.2, 0) is 6.54 Å². The van der Waals surface area contributed by atoms with Gasteiger partial charge in [0.2, 0.25) is 0 Å². The molecule has 106 valence electrons. The Hall–Kier alpha value is -2.45. The summed E-state index contributed by atoms with van der Waals surface area (Å²) >= 11 is 1.09. The molecule has 0 saturated heterocycles. The highest BCUT2D eigenvalue weighted by Crippen LogP contribution is 2.18. The number of anilines is 1. The van der Waals surface area contributed by atoms with Crippen molar-refractivity contribution in [2.45, 2.75) is 18.4 Å². The van der Waals surface area contributed by atoms with Crippen molar-refractivity contribution in [3.63, 3.8) is 0 Å². The molecule has 0 heterocycles. The highest BCUT2D eigenvalue weighted by Gasteiger charge is 2.02. The van der Waals surface area contributed by atoms with Gasteiger partial charge in [-0.25, -0.2) is 4.79 Å². The van der Waals surface area contributed by atoms with Crippen molar-refractivity contribution < 1.29 is 4.79 Å². The lowest BCUT2D eigenvalue weighted by Gasteiger charge is -2.08. The van der Waals surface area contributed by atoms with Gasteiger partial charge >= 0.3 is 6.03 Å². The van der Waals surface area contributed by atoms with Crippen molar-refractivity contribution in [3.05, 3.63) is 59.7 Å². The van der Waals surface area contributed by atoms with E-state index >= 15 is 0 Å². The second-order valence-electron chi connectivity index (χ2n) is 4.51. The smallest absolute Gasteiger partial charge is 0.319 e. The van der Waals surface area contributed by atoms with E-state index in [-0.39, 0.29) is 6.03 Å². The minimum Gasteiger partial charge on any atom is -0.334 e. The maximum Gasteiger partial charge on any atom is 0.319 e. The summed E-state index contributed by atoms with van der Waals surface area (Å²) < 4.78 is 0. The molecule has 0 atom stereocenters. The molecule has 2 amide bonds. The lowest BCUT2D eigenvalue weighted by molar-refractivity contribution is 0.251. The van der Waals surface area contributed by atoms with Gasteiger partial charge in [-0.05, 0) is 48.5 Å². The summed E-state index contributed by atoms with van der Waals surface area (Å²) in [5.41, 5.74) is 2.92. The highest BCUT2D eigenvalue weighted by molar-refractivity contribution is 8.03. The SMILES string of the molecule is Cc1cccc(CNC(=O)Nc2ccc(SC#N)cc2)c1. The minimum atomic E-state index is -0.253. The van der Waals surface area contributed by atoms with Crippen molar-refractivity contribution in [2.75, 3.05) is 5.32 Å². The maximum absolute atomic E-state index is 11.8. The van der Waals surface area contributed by atoms with Gasteiger partial charge in [0, 0.05) is 17.1 Å². The van der Waals surface area contributed by atoms with Crippen molar-refractivity contribution >= 4 is 23.5 Å². The van der Waals surface area contributed by atoms with Gasteiger partial charge in [0.1, 0.15) is 5.40 Å². The summed E-state index contributed by atoms with van der Waals surface area (Å²) in [6.45, 7) is 2.50. The number of benzene rings is 2. The summed E-state index contributed by atoms with van der Waals surface area (Å²) in [5.74, 6) is 0. The fraction of sp³-hybridized carbons (Fsp3) is 0.125. The first kappa shape index (κ1) is 14.9. The van der Waals surface area contributed by atoms with Gasteiger partial charge in [-0.2, -0.15) is 5.26 Å². The van der Waals surface area contributed by atoms with E-state index in [0.29, 0.717) is 12.2 Å². The van der Waals surface area contributed by atoms with Crippen LogP contribution in [0.25, 0.3) is 0 Å². The Kier molecular flexibility index (Phi) is 5.24. The van der Waals surface area contributed by atoms with E-state index in [1.54, 1.807) is 24.3 Å².